The van der Waals surface area contributed by atoms with Gasteiger partial charge in [-0.05, 0) is 167 Å². The van der Waals surface area contributed by atoms with E-state index in [2.05, 4.69) is 376 Å². The molecule has 6 nitrogen and oxygen atoms in total. The zero-order chi connectivity index (χ0) is 73.9. The van der Waals surface area contributed by atoms with Crippen molar-refractivity contribution in [1.82, 2.24) is 19.9 Å². The van der Waals surface area contributed by atoms with Gasteiger partial charge in [0, 0.05) is 55.6 Å². The number of fused-ring (bicyclic) bond motifs is 18. The third-order valence-corrected chi connectivity index (χ3v) is 23.3. The van der Waals surface area contributed by atoms with Crippen molar-refractivity contribution < 1.29 is 9.47 Å². The Morgan fingerprint density at radius 2 is 0.438 bits per heavy atom. The quantitative estimate of drug-likeness (QED) is 0.129. The predicted molar refractivity (Wildman–Crippen MR) is 452 cm³/mol. The lowest BCUT2D eigenvalue weighted by atomic mass is 9.65. The van der Waals surface area contributed by atoms with Crippen molar-refractivity contribution in [1.29, 1.82) is 0 Å². The number of ether oxygens (including phenoxy) is 2. The molecule has 22 rings (SSSR count). The van der Waals surface area contributed by atoms with Gasteiger partial charge in [-0.3, -0.25) is 0 Å². The van der Waals surface area contributed by atoms with Crippen LogP contribution in [0, 0.1) is 0 Å². The highest BCUT2D eigenvalue weighted by Crippen LogP contribution is 2.65. The minimum absolute atomic E-state index is 0.592. The van der Waals surface area contributed by atoms with E-state index in [9.17, 15) is 0 Å². The van der Waals surface area contributed by atoms with Gasteiger partial charge in [-0.1, -0.05) is 334 Å². The first-order valence-corrected chi connectivity index (χ1v) is 38.2. The fourth-order valence-corrected chi connectivity index (χ4v) is 18.4. The Bertz CT molecular complexity index is 6700. The van der Waals surface area contributed by atoms with Crippen molar-refractivity contribution in [3.05, 3.63) is 445 Å². The molecule has 112 heavy (non-hydrogen) atoms. The molecule has 0 atom stereocenters. The smallest absolute Gasteiger partial charge is 0.160 e. The fourth-order valence-electron chi connectivity index (χ4n) is 18.4. The molecule has 2 aliphatic carbocycles. The van der Waals surface area contributed by atoms with Crippen molar-refractivity contribution >= 4 is 0 Å². The molecule has 2 aliphatic heterocycles. The average Bonchev–Trinajstić information content (AvgIpc) is 1.23. The van der Waals surface area contributed by atoms with Crippen LogP contribution in [0.25, 0.3) is 146 Å². The number of benzene rings is 16. The van der Waals surface area contributed by atoms with Crippen LogP contribution in [-0.2, 0) is 10.8 Å². The van der Waals surface area contributed by atoms with E-state index in [-0.39, 0.29) is 0 Å². The van der Waals surface area contributed by atoms with Crippen LogP contribution in [0.3, 0.4) is 0 Å². The summed E-state index contributed by atoms with van der Waals surface area (Å²) in [6.45, 7) is 0. The molecule has 2 spiro atoms. The molecule has 18 aromatic rings. The van der Waals surface area contributed by atoms with Gasteiger partial charge < -0.3 is 9.47 Å². The normalized spacial score (nSPS) is 13.1. The first-order valence-electron chi connectivity index (χ1n) is 38.2. The van der Waals surface area contributed by atoms with Crippen LogP contribution in [0.5, 0.6) is 23.0 Å². The van der Waals surface area contributed by atoms with E-state index in [4.69, 9.17) is 29.4 Å². The van der Waals surface area contributed by atoms with Crippen LogP contribution in [0.15, 0.2) is 400 Å². The molecule has 4 aliphatic rings. The van der Waals surface area contributed by atoms with Crippen LogP contribution in [-0.4, -0.2) is 19.9 Å². The van der Waals surface area contributed by atoms with E-state index in [0.29, 0.717) is 11.6 Å². The largest absolute Gasteiger partial charge is 0.457 e. The van der Waals surface area contributed by atoms with E-state index in [1.807, 2.05) is 24.3 Å². The Morgan fingerprint density at radius 1 is 0.152 bits per heavy atom. The topological polar surface area (TPSA) is 70.0 Å². The molecule has 522 valence electrons. The third kappa shape index (κ3) is 10.2. The maximum absolute atomic E-state index is 7.26. The molecule has 0 radical (unpaired) electrons. The summed E-state index contributed by atoms with van der Waals surface area (Å²) in [5, 5.41) is 0. The molecule has 4 heterocycles. The van der Waals surface area contributed by atoms with Gasteiger partial charge in [-0.2, -0.15) is 0 Å². The Morgan fingerprint density at radius 3 is 0.946 bits per heavy atom. The summed E-state index contributed by atoms with van der Waals surface area (Å²) in [6.07, 6.45) is 0. The standard InChI is InChI=1S/C106H66N4O2/c1-4-28-67(29-5-1)95-65-97(75-36-27-35-72(61-75)77-38-10-11-39-78(77)73-55-58-101-93(63-73)105(91-52-24-25-53-99(91)111-101)87-48-20-16-43-82(87)83-44-17-21-49-88(83)105)109-104(108-95)76-37-26-34-70(60-76)71-54-57-100-92(62-71)106(89-50-22-18-45-84(89)85-46-19-23-51-90(85)106)94-64-74(56-59-102(94)112-100)79-40-12-13-41-80(79)81-42-14-15-47-86(81)98-66-96(68-30-6-2-7-31-68)107-103(110-98)69-32-8-3-9-33-69/h1-66H. The predicted octanol–water partition coefficient (Wildman–Crippen LogP) is 26.5. The maximum Gasteiger partial charge on any atom is 0.160 e. The van der Waals surface area contributed by atoms with Crippen molar-refractivity contribution in [2.24, 2.45) is 0 Å². The number of aromatic nitrogens is 4. The molecular weight excluding hydrogens is 1360 g/mol. The Kier molecular flexibility index (Phi) is 15.0. The summed E-state index contributed by atoms with van der Waals surface area (Å²) in [7, 11) is 0. The number of hydrogen-bond acceptors (Lipinski definition) is 6. The monoisotopic (exact) mass is 1430 g/mol. The number of rotatable bonds is 11. The van der Waals surface area contributed by atoms with E-state index < -0.39 is 10.8 Å². The minimum Gasteiger partial charge on any atom is -0.457 e. The van der Waals surface area contributed by atoms with Gasteiger partial charge in [0.15, 0.2) is 11.6 Å². The molecule has 0 saturated carbocycles. The maximum atomic E-state index is 7.26. The second kappa shape index (κ2) is 26.0. The van der Waals surface area contributed by atoms with E-state index in [0.717, 1.165) is 157 Å². The molecule has 6 heteroatoms. The molecule has 0 fully saturated rings. The van der Waals surface area contributed by atoms with Gasteiger partial charge in [0.1, 0.15) is 23.0 Å². The van der Waals surface area contributed by atoms with Crippen molar-refractivity contribution in [3.8, 4) is 169 Å². The van der Waals surface area contributed by atoms with Crippen LogP contribution in [0.1, 0.15) is 44.5 Å². The molecule has 0 bridgehead atoms. The summed E-state index contributed by atoms with van der Waals surface area (Å²) in [6, 6.07) is 144. The second-order valence-corrected chi connectivity index (χ2v) is 29.3. The van der Waals surface area contributed by atoms with E-state index in [1.165, 1.54) is 44.5 Å². The average molecular weight is 1430 g/mol. The van der Waals surface area contributed by atoms with E-state index >= 15 is 0 Å². The summed E-state index contributed by atoms with van der Waals surface area (Å²) in [4.78, 5) is 21.5. The number of hydrogen-bond donors (Lipinski definition) is 0. The van der Waals surface area contributed by atoms with Gasteiger partial charge in [0.25, 0.3) is 0 Å². The Labute approximate surface area is 649 Å². The molecule has 0 N–H and O–H groups in total. The van der Waals surface area contributed by atoms with Gasteiger partial charge in [0.05, 0.1) is 33.6 Å². The molecule has 0 saturated heterocycles. The SMILES string of the molecule is c1ccc(-c2cc(-c3cccc(-c4ccccc4-c4ccc5c(c4)C4(c6ccccc6O5)c5ccccc5-c5ccccc54)c3)nc(-c3cccc(-c4ccc5c(c4)C4(c6cc(-c7ccccc7-c7ccccc7-c7cc(-c8ccccc8)nc(-c8ccccc8)n7)ccc6O5)c5ccccc5-c5ccccc54)c3)n2)cc1. The lowest BCUT2D eigenvalue weighted by Crippen LogP contribution is -2.32. The fraction of sp³-hybridized carbons (Fsp3) is 0.0189. The summed E-state index contributed by atoms with van der Waals surface area (Å²) in [5.74, 6) is 4.64. The second-order valence-electron chi connectivity index (χ2n) is 29.3. The van der Waals surface area contributed by atoms with Gasteiger partial charge in [-0.25, -0.2) is 19.9 Å². The number of para-hydroxylation sites is 1. The van der Waals surface area contributed by atoms with Crippen LogP contribution >= 0.6 is 0 Å². The highest BCUT2D eigenvalue weighted by atomic mass is 16.5. The van der Waals surface area contributed by atoms with Crippen molar-refractivity contribution in [2.45, 2.75) is 10.8 Å². The van der Waals surface area contributed by atoms with Crippen molar-refractivity contribution in [3.63, 3.8) is 0 Å². The van der Waals surface area contributed by atoms with Crippen LogP contribution < -0.4 is 9.47 Å². The molecule has 0 amide bonds. The van der Waals surface area contributed by atoms with Crippen LogP contribution in [0.2, 0.25) is 0 Å². The lowest BCUT2D eigenvalue weighted by Gasteiger charge is -2.40. The summed E-state index contributed by atoms with van der Waals surface area (Å²) in [5.41, 5.74) is 32.8. The lowest BCUT2D eigenvalue weighted by molar-refractivity contribution is 0.436. The minimum atomic E-state index is -0.785. The Balaban J connectivity index is 0.645. The molecule has 2 aromatic heterocycles. The van der Waals surface area contributed by atoms with Gasteiger partial charge in [-0.15, -0.1) is 0 Å². The summed E-state index contributed by atoms with van der Waals surface area (Å²) >= 11 is 0. The summed E-state index contributed by atoms with van der Waals surface area (Å²) < 4.78 is 14.1. The molecule has 0 unspecified atom stereocenters. The van der Waals surface area contributed by atoms with Crippen LogP contribution in [0.4, 0.5) is 0 Å². The zero-order valence-electron chi connectivity index (χ0n) is 60.7. The van der Waals surface area contributed by atoms with Gasteiger partial charge in [0.2, 0.25) is 0 Å². The Hall–Kier alpha value is -14.7. The highest BCUT2D eigenvalue weighted by molar-refractivity contribution is 5.96. The molecular formula is C106H66N4O2. The molecule has 16 aromatic carbocycles. The number of nitrogens with zero attached hydrogens (tertiary/aromatic N) is 4. The highest BCUT2D eigenvalue weighted by Gasteiger charge is 2.53. The zero-order valence-corrected chi connectivity index (χ0v) is 60.7. The van der Waals surface area contributed by atoms with Gasteiger partial charge >= 0.3 is 0 Å². The first kappa shape index (κ1) is 64.5. The van der Waals surface area contributed by atoms with E-state index in [1.54, 1.807) is 0 Å². The first-order chi connectivity index (χ1) is 55.5. The van der Waals surface area contributed by atoms with Crippen molar-refractivity contribution in [2.75, 3.05) is 0 Å². The third-order valence-electron chi connectivity index (χ3n) is 23.3.